The maximum atomic E-state index is 11.6. The number of carbonyl (C=O) groups excluding carboxylic acids is 1. The zero-order valence-corrected chi connectivity index (χ0v) is 12.7. The zero-order chi connectivity index (χ0) is 16.0. The number of nitrogens with zero attached hydrogens (tertiary/aromatic N) is 1. The summed E-state index contributed by atoms with van der Waals surface area (Å²) in [5.41, 5.74) is 0.716. The van der Waals surface area contributed by atoms with Crippen molar-refractivity contribution in [2.75, 3.05) is 6.54 Å². The molecule has 1 aromatic heterocycles. The molecule has 2 rings (SSSR count). The van der Waals surface area contributed by atoms with Gasteiger partial charge in [0, 0.05) is 31.6 Å². The van der Waals surface area contributed by atoms with Gasteiger partial charge in [-0.1, -0.05) is 12.1 Å². The van der Waals surface area contributed by atoms with Crippen molar-refractivity contribution >= 4 is 22.0 Å². The molecule has 1 aromatic carbocycles. The second-order valence-electron chi connectivity index (χ2n) is 4.66. The Labute approximate surface area is 129 Å². The normalized spacial score (nSPS) is 11.7. The molecule has 7 heteroatoms. The van der Waals surface area contributed by atoms with Gasteiger partial charge in [0.1, 0.15) is 0 Å². The van der Waals surface area contributed by atoms with Crippen LogP contribution < -0.4 is 10.5 Å². The van der Waals surface area contributed by atoms with Crippen LogP contribution in [-0.4, -0.2) is 25.4 Å². The molecule has 0 spiro atoms. The van der Waals surface area contributed by atoms with Crippen molar-refractivity contribution in [1.82, 2.24) is 9.88 Å². The van der Waals surface area contributed by atoms with Crippen molar-refractivity contribution in [3.63, 3.8) is 0 Å². The molecule has 1 heterocycles. The van der Waals surface area contributed by atoms with Gasteiger partial charge in [-0.25, -0.2) is 13.6 Å². The summed E-state index contributed by atoms with van der Waals surface area (Å²) < 4.78 is 24.2. The van der Waals surface area contributed by atoms with Crippen molar-refractivity contribution in [2.24, 2.45) is 5.14 Å². The Morgan fingerprint density at radius 3 is 2.41 bits per heavy atom. The first-order chi connectivity index (χ1) is 10.4. The van der Waals surface area contributed by atoms with Gasteiger partial charge in [0.2, 0.25) is 15.9 Å². The summed E-state index contributed by atoms with van der Waals surface area (Å²) >= 11 is 0. The summed E-state index contributed by atoms with van der Waals surface area (Å²) in [6.07, 6.45) is 6.86. The van der Waals surface area contributed by atoms with E-state index in [4.69, 9.17) is 5.14 Å². The van der Waals surface area contributed by atoms with E-state index in [-0.39, 0.29) is 10.8 Å². The monoisotopic (exact) mass is 319 g/mol. The molecule has 0 saturated heterocycles. The van der Waals surface area contributed by atoms with E-state index in [1.165, 1.54) is 18.2 Å². The first-order valence-corrected chi connectivity index (χ1v) is 8.19. The quantitative estimate of drug-likeness (QED) is 0.777. The molecule has 0 aliphatic heterocycles. The fraction of sp³-hybridized carbons (Fsp3) is 0.133. The van der Waals surface area contributed by atoms with Gasteiger partial charge in [-0.2, -0.15) is 0 Å². The van der Waals surface area contributed by atoms with Crippen LogP contribution in [0.5, 0.6) is 0 Å². The summed E-state index contributed by atoms with van der Waals surface area (Å²) in [6.45, 7) is 1.23. The van der Waals surface area contributed by atoms with E-state index in [1.54, 1.807) is 18.2 Å². The van der Waals surface area contributed by atoms with E-state index in [0.29, 0.717) is 18.7 Å². The highest BCUT2D eigenvalue weighted by atomic mass is 32.2. The number of aromatic nitrogens is 1. The van der Waals surface area contributed by atoms with Gasteiger partial charge in [0.15, 0.2) is 0 Å². The van der Waals surface area contributed by atoms with Gasteiger partial charge in [0.05, 0.1) is 4.90 Å². The number of nitrogens with one attached hydrogen (secondary N) is 1. The maximum Gasteiger partial charge on any atom is 0.244 e. The lowest BCUT2D eigenvalue weighted by molar-refractivity contribution is -0.116. The molecule has 0 saturated carbocycles. The molecule has 2 aromatic rings. The van der Waals surface area contributed by atoms with Crippen LogP contribution in [0.3, 0.4) is 0 Å². The van der Waals surface area contributed by atoms with Crippen molar-refractivity contribution in [3.8, 4) is 0 Å². The number of amides is 1. The van der Waals surface area contributed by atoms with E-state index < -0.39 is 10.0 Å². The SMILES string of the molecule is NS(=O)(=O)c1ccc(C=CC(=O)NCCn2cccc2)cc1. The Kier molecular flexibility index (Phi) is 5.13. The molecular weight excluding hydrogens is 302 g/mol. The Morgan fingerprint density at radius 1 is 1.18 bits per heavy atom. The van der Waals surface area contributed by atoms with Crippen LogP contribution in [-0.2, 0) is 21.4 Å². The third-order valence-corrected chi connectivity index (χ3v) is 3.90. The first-order valence-electron chi connectivity index (χ1n) is 6.65. The van der Waals surface area contributed by atoms with E-state index in [1.807, 2.05) is 29.1 Å². The Hall–Kier alpha value is -2.38. The lowest BCUT2D eigenvalue weighted by Gasteiger charge is -2.03. The molecule has 0 aliphatic rings. The predicted octanol–water partition coefficient (Wildman–Crippen LogP) is 0.965. The van der Waals surface area contributed by atoms with Crippen LogP contribution in [0, 0.1) is 0 Å². The average molecular weight is 319 g/mol. The van der Waals surface area contributed by atoms with E-state index in [9.17, 15) is 13.2 Å². The molecular formula is C15H17N3O3S. The third kappa shape index (κ3) is 4.87. The number of benzene rings is 1. The number of carbonyl (C=O) groups is 1. The summed E-state index contributed by atoms with van der Waals surface area (Å²) in [5.74, 6) is -0.206. The standard InChI is InChI=1S/C15H17N3O3S/c16-22(20,21)14-6-3-13(4-7-14)5-8-15(19)17-9-12-18-10-1-2-11-18/h1-8,10-11H,9,12H2,(H,17,19)(H2,16,20,21). The lowest BCUT2D eigenvalue weighted by atomic mass is 10.2. The summed E-state index contributed by atoms with van der Waals surface area (Å²) in [7, 11) is -3.69. The van der Waals surface area contributed by atoms with Crippen molar-refractivity contribution in [1.29, 1.82) is 0 Å². The molecule has 22 heavy (non-hydrogen) atoms. The molecule has 0 aliphatic carbocycles. The van der Waals surface area contributed by atoms with Crippen LogP contribution in [0.1, 0.15) is 5.56 Å². The minimum absolute atomic E-state index is 0.0424. The largest absolute Gasteiger partial charge is 0.353 e. The maximum absolute atomic E-state index is 11.6. The average Bonchev–Trinajstić information content (AvgIpc) is 2.98. The lowest BCUT2D eigenvalue weighted by Crippen LogP contribution is -2.24. The first kappa shape index (κ1) is 16.0. The van der Waals surface area contributed by atoms with Crippen LogP contribution >= 0.6 is 0 Å². The van der Waals surface area contributed by atoms with Crippen molar-refractivity contribution < 1.29 is 13.2 Å². The Balaban J connectivity index is 1.84. The predicted molar refractivity (Wildman–Crippen MR) is 84.3 cm³/mol. The third-order valence-electron chi connectivity index (χ3n) is 2.97. The van der Waals surface area contributed by atoms with Crippen molar-refractivity contribution in [2.45, 2.75) is 11.4 Å². The molecule has 1 amide bonds. The molecule has 0 unspecified atom stereocenters. The highest BCUT2D eigenvalue weighted by Crippen LogP contribution is 2.09. The van der Waals surface area contributed by atoms with Crippen LogP contribution in [0.2, 0.25) is 0 Å². The second kappa shape index (κ2) is 7.06. The number of rotatable bonds is 6. The smallest absolute Gasteiger partial charge is 0.244 e. The molecule has 0 fully saturated rings. The number of nitrogens with two attached hydrogens (primary N) is 1. The topological polar surface area (TPSA) is 94.2 Å². The van der Waals surface area contributed by atoms with Crippen LogP contribution in [0.25, 0.3) is 6.08 Å². The number of hydrogen-bond acceptors (Lipinski definition) is 3. The van der Waals surface area contributed by atoms with Gasteiger partial charge in [-0.15, -0.1) is 0 Å². The highest BCUT2D eigenvalue weighted by Gasteiger charge is 2.05. The fourth-order valence-corrected chi connectivity index (χ4v) is 2.34. The van der Waals surface area contributed by atoms with Crippen LogP contribution in [0.15, 0.2) is 59.8 Å². The number of sulfonamides is 1. The highest BCUT2D eigenvalue weighted by molar-refractivity contribution is 7.89. The summed E-state index contributed by atoms with van der Waals surface area (Å²) in [5, 5.41) is 7.78. The molecule has 6 nitrogen and oxygen atoms in total. The molecule has 0 radical (unpaired) electrons. The van der Waals surface area contributed by atoms with Gasteiger partial charge in [-0.3, -0.25) is 4.79 Å². The fourth-order valence-electron chi connectivity index (χ4n) is 1.83. The molecule has 0 atom stereocenters. The second-order valence-corrected chi connectivity index (χ2v) is 6.22. The zero-order valence-electron chi connectivity index (χ0n) is 11.8. The van der Waals surface area contributed by atoms with Gasteiger partial charge < -0.3 is 9.88 Å². The van der Waals surface area contributed by atoms with Crippen LogP contribution in [0.4, 0.5) is 0 Å². The summed E-state index contributed by atoms with van der Waals surface area (Å²) in [4.78, 5) is 11.7. The Morgan fingerprint density at radius 2 is 1.82 bits per heavy atom. The number of primary sulfonamides is 1. The van der Waals surface area contributed by atoms with Gasteiger partial charge >= 0.3 is 0 Å². The van der Waals surface area contributed by atoms with Crippen molar-refractivity contribution in [3.05, 3.63) is 60.4 Å². The molecule has 3 N–H and O–H groups in total. The molecule has 116 valence electrons. The van der Waals surface area contributed by atoms with E-state index in [0.717, 1.165) is 0 Å². The van der Waals surface area contributed by atoms with E-state index in [2.05, 4.69) is 5.32 Å². The summed E-state index contributed by atoms with van der Waals surface area (Å²) in [6, 6.07) is 9.82. The minimum Gasteiger partial charge on any atom is -0.353 e. The van der Waals surface area contributed by atoms with Gasteiger partial charge in [-0.05, 0) is 35.9 Å². The number of hydrogen-bond donors (Lipinski definition) is 2. The minimum atomic E-state index is -3.69. The van der Waals surface area contributed by atoms with E-state index >= 15 is 0 Å². The molecule has 0 bridgehead atoms. The Bertz CT molecular complexity index is 748. The van der Waals surface area contributed by atoms with Gasteiger partial charge in [0.25, 0.3) is 0 Å².